The maximum atomic E-state index is 12.7. The molecule has 3 aromatic rings. The van der Waals surface area contributed by atoms with Crippen LogP contribution in [0.1, 0.15) is 6.92 Å². The third-order valence-electron chi connectivity index (χ3n) is 5.20. The molecule has 3 aromatic carbocycles. The van der Waals surface area contributed by atoms with Gasteiger partial charge in [-0.1, -0.05) is 0 Å². The van der Waals surface area contributed by atoms with Gasteiger partial charge >= 0.3 is 0 Å². The first-order chi connectivity index (χ1) is 17.5. The van der Waals surface area contributed by atoms with Crippen molar-refractivity contribution < 1.29 is 35.8 Å². The molecule has 0 fully saturated rings. The molecule has 0 bridgehead atoms. The fourth-order valence-electron chi connectivity index (χ4n) is 3.49. The zero-order valence-electron chi connectivity index (χ0n) is 20.0. The second-order valence-corrected chi connectivity index (χ2v) is 11.5. The summed E-state index contributed by atoms with van der Waals surface area (Å²) in [5.41, 5.74) is 0.901. The maximum Gasteiger partial charge on any atom is 0.261 e. The highest BCUT2D eigenvalue weighted by Crippen LogP contribution is 2.36. The van der Waals surface area contributed by atoms with Crippen molar-refractivity contribution in [1.82, 2.24) is 0 Å². The van der Waals surface area contributed by atoms with Crippen molar-refractivity contribution >= 4 is 43.0 Å². The highest BCUT2D eigenvalue weighted by molar-refractivity contribution is 7.92. The van der Waals surface area contributed by atoms with Crippen LogP contribution >= 0.6 is 0 Å². The van der Waals surface area contributed by atoms with Crippen molar-refractivity contribution in [2.75, 3.05) is 40.5 Å². The van der Waals surface area contributed by atoms with Gasteiger partial charge in [0.2, 0.25) is 22.7 Å². The highest BCUT2D eigenvalue weighted by atomic mass is 32.2. The Bertz CT molecular complexity index is 1490. The predicted molar refractivity (Wildman–Crippen MR) is 138 cm³/mol. The molecule has 0 atom stereocenters. The van der Waals surface area contributed by atoms with E-state index in [1.807, 2.05) is 6.92 Å². The van der Waals surface area contributed by atoms with Crippen LogP contribution in [0, 0.1) is 0 Å². The van der Waals surface area contributed by atoms with Crippen molar-refractivity contribution in [3.05, 3.63) is 66.7 Å². The number of fused-ring (bicyclic) bond motifs is 1. The monoisotopic (exact) mass is 547 g/mol. The number of rotatable bonds is 10. The van der Waals surface area contributed by atoms with Gasteiger partial charge in [0.15, 0.2) is 11.5 Å². The molecule has 1 aliphatic rings. The van der Waals surface area contributed by atoms with Gasteiger partial charge in [-0.05, 0) is 67.6 Å². The molecule has 2 N–H and O–H groups in total. The Hall–Kier alpha value is -3.97. The fourth-order valence-corrected chi connectivity index (χ4v) is 5.40. The molecule has 1 heterocycles. The average Bonchev–Trinajstić information content (AvgIpc) is 3.31. The third kappa shape index (κ3) is 6.43. The Balaban J connectivity index is 1.42. The molecule has 13 heteroatoms. The molecule has 0 radical (unpaired) electrons. The zero-order valence-corrected chi connectivity index (χ0v) is 21.6. The number of nitrogens with zero attached hydrogens (tertiary/aromatic N) is 1. The lowest BCUT2D eigenvalue weighted by atomic mass is 10.2. The molecule has 4 rings (SSSR count). The van der Waals surface area contributed by atoms with Crippen LogP contribution in [0.3, 0.4) is 0 Å². The first-order valence-corrected chi connectivity index (χ1v) is 14.4. The normalized spacial score (nSPS) is 12.6. The van der Waals surface area contributed by atoms with E-state index in [4.69, 9.17) is 14.2 Å². The molecule has 1 aliphatic heterocycles. The van der Waals surface area contributed by atoms with Crippen molar-refractivity contribution in [2.45, 2.75) is 11.8 Å². The van der Waals surface area contributed by atoms with Crippen LogP contribution in [-0.2, 0) is 24.8 Å². The van der Waals surface area contributed by atoms with Crippen LogP contribution in [-0.4, -0.2) is 48.9 Å². The van der Waals surface area contributed by atoms with E-state index in [0.717, 1.165) is 10.6 Å². The van der Waals surface area contributed by atoms with Crippen molar-refractivity contribution in [2.24, 2.45) is 0 Å². The summed E-state index contributed by atoms with van der Waals surface area (Å²) in [5.74, 6) is 0.862. The number of hydrogen-bond donors (Lipinski definition) is 2. The number of ether oxygens (including phenoxy) is 3. The number of nitrogens with one attached hydrogen (secondary N) is 2. The van der Waals surface area contributed by atoms with E-state index < -0.39 is 32.5 Å². The average molecular weight is 548 g/mol. The summed E-state index contributed by atoms with van der Waals surface area (Å²) in [6, 6.07) is 16.5. The summed E-state index contributed by atoms with van der Waals surface area (Å²) in [4.78, 5) is 12.6. The highest BCUT2D eigenvalue weighted by Gasteiger charge is 2.24. The summed E-state index contributed by atoms with van der Waals surface area (Å²) in [7, 11) is -7.68. The fraction of sp³-hybridized carbons (Fsp3) is 0.208. The van der Waals surface area contributed by atoms with E-state index in [1.54, 1.807) is 30.3 Å². The molecule has 196 valence electrons. The van der Waals surface area contributed by atoms with Gasteiger partial charge in [-0.15, -0.1) is 0 Å². The molecule has 0 aromatic heterocycles. The summed E-state index contributed by atoms with van der Waals surface area (Å²) >= 11 is 0. The Morgan fingerprint density at radius 2 is 1.57 bits per heavy atom. The minimum atomic E-state index is -3.88. The van der Waals surface area contributed by atoms with Crippen LogP contribution in [0.25, 0.3) is 0 Å². The van der Waals surface area contributed by atoms with E-state index in [2.05, 4.69) is 10.0 Å². The summed E-state index contributed by atoms with van der Waals surface area (Å²) in [6.45, 7) is 1.87. The van der Waals surface area contributed by atoms with Gasteiger partial charge in [-0.2, -0.15) is 0 Å². The van der Waals surface area contributed by atoms with Gasteiger partial charge in [-0.3, -0.25) is 13.8 Å². The minimum Gasteiger partial charge on any atom is -0.494 e. The molecule has 0 spiro atoms. The summed E-state index contributed by atoms with van der Waals surface area (Å²) in [6.07, 6.45) is 0.988. The first kappa shape index (κ1) is 26.1. The van der Waals surface area contributed by atoms with Gasteiger partial charge < -0.3 is 19.5 Å². The van der Waals surface area contributed by atoms with E-state index >= 15 is 0 Å². The molecule has 11 nitrogen and oxygen atoms in total. The summed E-state index contributed by atoms with van der Waals surface area (Å²) in [5, 5.41) is 2.58. The number of hydrogen-bond acceptors (Lipinski definition) is 8. The Labute approximate surface area is 215 Å². The quantitative estimate of drug-likeness (QED) is 0.395. The minimum absolute atomic E-state index is 0.0162. The lowest BCUT2D eigenvalue weighted by Gasteiger charge is -2.22. The Morgan fingerprint density at radius 1 is 0.919 bits per heavy atom. The van der Waals surface area contributed by atoms with Crippen LogP contribution in [0.15, 0.2) is 71.6 Å². The van der Waals surface area contributed by atoms with Gasteiger partial charge in [0.05, 0.1) is 23.4 Å². The lowest BCUT2D eigenvalue weighted by molar-refractivity contribution is -0.114. The topological polar surface area (TPSA) is 140 Å². The van der Waals surface area contributed by atoms with Gasteiger partial charge in [0.25, 0.3) is 10.0 Å². The van der Waals surface area contributed by atoms with Crippen LogP contribution in [0.4, 0.5) is 17.1 Å². The molecule has 37 heavy (non-hydrogen) atoms. The molecular formula is C24H25N3O8S2. The standard InChI is InChI=1S/C24H25N3O8S2/c1-3-33-20-9-4-18(5-10-20)26-37(31,32)21-11-6-17(7-12-21)25-24(28)15-27(36(2,29)30)19-8-13-22-23(14-19)35-16-34-22/h4-14,26H,3,15-16H2,1-2H3,(H,25,28). The van der Waals surface area contributed by atoms with Crippen LogP contribution in [0.2, 0.25) is 0 Å². The molecular weight excluding hydrogens is 522 g/mol. The third-order valence-corrected chi connectivity index (χ3v) is 7.74. The number of carbonyl (C=O) groups is 1. The van der Waals surface area contributed by atoms with Gasteiger partial charge in [-0.25, -0.2) is 16.8 Å². The molecule has 0 unspecified atom stereocenters. The van der Waals surface area contributed by atoms with Crippen LogP contribution in [0.5, 0.6) is 17.2 Å². The molecule has 1 amide bonds. The van der Waals surface area contributed by atoms with Gasteiger partial charge in [0.1, 0.15) is 12.3 Å². The van der Waals surface area contributed by atoms with Crippen molar-refractivity contribution in [3.63, 3.8) is 0 Å². The molecule has 0 saturated heterocycles. The second kappa shape index (κ2) is 10.6. The first-order valence-electron chi connectivity index (χ1n) is 11.1. The number of carbonyl (C=O) groups excluding carboxylic acids is 1. The maximum absolute atomic E-state index is 12.7. The summed E-state index contributed by atoms with van der Waals surface area (Å²) < 4.78 is 69.5. The SMILES string of the molecule is CCOc1ccc(NS(=O)(=O)c2ccc(NC(=O)CN(c3ccc4c(c3)OCO4)S(C)(=O)=O)cc2)cc1. The number of anilines is 3. The van der Waals surface area contributed by atoms with E-state index in [0.29, 0.717) is 35.2 Å². The lowest BCUT2D eigenvalue weighted by Crippen LogP contribution is -2.37. The van der Waals surface area contributed by atoms with E-state index in [9.17, 15) is 21.6 Å². The largest absolute Gasteiger partial charge is 0.494 e. The van der Waals surface area contributed by atoms with Crippen molar-refractivity contribution in [3.8, 4) is 17.2 Å². The number of amides is 1. The molecule has 0 aliphatic carbocycles. The number of benzene rings is 3. The zero-order chi connectivity index (χ0) is 26.6. The second-order valence-electron chi connectivity index (χ2n) is 7.94. The van der Waals surface area contributed by atoms with Gasteiger partial charge in [0, 0.05) is 17.4 Å². The number of sulfonamides is 2. The van der Waals surface area contributed by atoms with E-state index in [-0.39, 0.29) is 17.4 Å². The smallest absolute Gasteiger partial charge is 0.261 e. The Morgan fingerprint density at radius 3 is 2.22 bits per heavy atom. The Kier molecular flexibility index (Phi) is 7.45. The molecule has 0 saturated carbocycles. The van der Waals surface area contributed by atoms with Crippen molar-refractivity contribution in [1.29, 1.82) is 0 Å². The van der Waals surface area contributed by atoms with E-state index in [1.165, 1.54) is 36.4 Å². The predicted octanol–water partition coefficient (Wildman–Crippen LogP) is 3.02. The van der Waals surface area contributed by atoms with Crippen LogP contribution < -0.4 is 28.6 Å².